The van der Waals surface area contributed by atoms with Gasteiger partial charge in [0.1, 0.15) is 0 Å². The minimum Gasteiger partial charge on any atom is -0.465 e. The molecule has 138 valence electrons. The zero-order chi connectivity index (χ0) is 19.2. The van der Waals surface area contributed by atoms with Crippen LogP contribution in [0, 0.1) is 6.92 Å². The van der Waals surface area contributed by atoms with Gasteiger partial charge in [-0.05, 0) is 42.7 Å². The fourth-order valence-corrected chi connectivity index (χ4v) is 2.72. The lowest BCUT2D eigenvalue weighted by Gasteiger charge is -2.13. The summed E-state index contributed by atoms with van der Waals surface area (Å²) in [5, 5.41) is 14.4. The van der Waals surface area contributed by atoms with Crippen molar-refractivity contribution in [1.29, 1.82) is 0 Å². The van der Waals surface area contributed by atoms with Crippen LogP contribution in [-0.4, -0.2) is 28.3 Å². The molecule has 0 atom stereocenters. The van der Waals surface area contributed by atoms with Crippen LogP contribution in [0.1, 0.15) is 28.4 Å². The van der Waals surface area contributed by atoms with E-state index in [0.29, 0.717) is 23.0 Å². The number of anilines is 4. The molecule has 0 spiro atoms. The van der Waals surface area contributed by atoms with Crippen LogP contribution in [0.4, 0.5) is 23.1 Å². The number of benzene rings is 2. The van der Waals surface area contributed by atoms with E-state index in [4.69, 9.17) is 4.74 Å². The molecule has 0 saturated carbocycles. The number of hydrogen-bond acceptors (Lipinski definition) is 7. The van der Waals surface area contributed by atoms with E-state index in [2.05, 4.69) is 38.8 Å². The summed E-state index contributed by atoms with van der Waals surface area (Å²) < 4.78 is 4.74. The van der Waals surface area contributed by atoms with Crippen molar-refractivity contribution in [2.45, 2.75) is 20.3 Å². The van der Waals surface area contributed by atoms with Gasteiger partial charge in [-0.2, -0.15) is 10.1 Å². The van der Waals surface area contributed by atoms with Gasteiger partial charge in [0.2, 0.25) is 5.95 Å². The molecule has 7 heteroatoms. The van der Waals surface area contributed by atoms with Crippen molar-refractivity contribution in [3.8, 4) is 0 Å². The third-order valence-electron chi connectivity index (χ3n) is 4.09. The summed E-state index contributed by atoms with van der Waals surface area (Å²) in [6, 6.07) is 13.1. The first-order valence-electron chi connectivity index (χ1n) is 8.61. The molecule has 0 aliphatic carbocycles. The van der Waals surface area contributed by atoms with Crippen LogP contribution >= 0.6 is 0 Å². The van der Waals surface area contributed by atoms with Gasteiger partial charge >= 0.3 is 5.97 Å². The highest BCUT2D eigenvalue weighted by molar-refractivity contribution is 5.90. The zero-order valence-corrected chi connectivity index (χ0v) is 15.5. The molecule has 0 unspecified atom stereocenters. The zero-order valence-electron chi connectivity index (χ0n) is 15.5. The Bertz CT molecular complexity index is 959. The Balaban J connectivity index is 1.82. The minimum atomic E-state index is -0.403. The van der Waals surface area contributed by atoms with Crippen molar-refractivity contribution in [2.24, 2.45) is 0 Å². The second-order valence-corrected chi connectivity index (χ2v) is 5.95. The molecular weight excluding hydrogens is 342 g/mol. The summed E-state index contributed by atoms with van der Waals surface area (Å²) in [7, 11) is 1.35. The van der Waals surface area contributed by atoms with E-state index in [9.17, 15) is 4.79 Å². The number of ether oxygens (including phenoxy) is 1. The van der Waals surface area contributed by atoms with Crippen LogP contribution in [0.2, 0.25) is 0 Å². The van der Waals surface area contributed by atoms with E-state index in [1.807, 2.05) is 25.1 Å². The van der Waals surface area contributed by atoms with Crippen molar-refractivity contribution in [1.82, 2.24) is 15.2 Å². The Morgan fingerprint density at radius 1 is 1.15 bits per heavy atom. The molecule has 2 aromatic carbocycles. The predicted octanol–water partition coefficient (Wildman–Crippen LogP) is 4.02. The summed E-state index contributed by atoms with van der Waals surface area (Å²) >= 11 is 0. The number of rotatable bonds is 6. The molecule has 7 nitrogen and oxygen atoms in total. The van der Waals surface area contributed by atoms with Crippen LogP contribution < -0.4 is 10.6 Å². The van der Waals surface area contributed by atoms with Crippen LogP contribution in [0.15, 0.2) is 48.7 Å². The lowest BCUT2D eigenvalue weighted by molar-refractivity contribution is 0.0601. The highest BCUT2D eigenvalue weighted by atomic mass is 16.5. The Kier molecular flexibility index (Phi) is 5.61. The topological polar surface area (TPSA) is 89.0 Å². The van der Waals surface area contributed by atoms with Crippen molar-refractivity contribution >= 4 is 29.1 Å². The molecule has 3 rings (SSSR count). The number of aromatic nitrogens is 3. The predicted molar refractivity (Wildman–Crippen MR) is 105 cm³/mol. The van der Waals surface area contributed by atoms with Crippen LogP contribution in [0.5, 0.6) is 0 Å². The lowest BCUT2D eigenvalue weighted by atomic mass is 10.1. The van der Waals surface area contributed by atoms with Gasteiger partial charge in [0.15, 0.2) is 5.82 Å². The highest BCUT2D eigenvalue weighted by Crippen LogP contribution is 2.25. The molecular formula is C20H21N5O2. The molecule has 0 saturated heterocycles. The number of nitrogens with zero attached hydrogens (tertiary/aromatic N) is 3. The molecule has 27 heavy (non-hydrogen) atoms. The SMILES string of the molecule is CCc1cccc(C)c1Nc1cnnc(Nc2cccc(C(=O)OC)c2)n1. The minimum absolute atomic E-state index is 0.327. The Morgan fingerprint density at radius 2 is 1.96 bits per heavy atom. The standard InChI is InChI=1S/C20H21N5O2/c1-4-14-8-5-7-13(2)18(14)23-17-12-21-25-20(24-17)22-16-10-6-9-15(11-16)19(26)27-3/h5-12H,4H2,1-3H3,(H2,22,23,24,25). The van der Waals surface area contributed by atoms with Crippen molar-refractivity contribution in [3.05, 3.63) is 65.4 Å². The largest absolute Gasteiger partial charge is 0.465 e. The number of aryl methyl sites for hydroxylation is 2. The molecule has 3 aromatic rings. The Morgan fingerprint density at radius 3 is 2.74 bits per heavy atom. The molecule has 1 aromatic heterocycles. The molecule has 2 N–H and O–H groups in total. The lowest BCUT2D eigenvalue weighted by Crippen LogP contribution is -2.05. The smallest absolute Gasteiger partial charge is 0.337 e. The molecule has 0 amide bonds. The quantitative estimate of drug-likeness (QED) is 0.639. The number of carbonyl (C=O) groups is 1. The van der Waals surface area contributed by atoms with Gasteiger partial charge in [0.25, 0.3) is 0 Å². The van der Waals surface area contributed by atoms with E-state index in [0.717, 1.165) is 17.7 Å². The average molecular weight is 363 g/mol. The number of esters is 1. The van der Waals surface area contributed by atoms with E-state index in [-0.39, 0.29) is 0 Å². The van der Waals surface area contributed by atoms with Crippen molar-refractivity contribution < 1.29 is 9.53 Å². The van der Waals surface area contributed by atoms with Crippen LogP contribution in [0.3, 0.4) is 0 Å². The van der Waals surface area contributed by atoms with Crippen molar-refractivity contribution in [2.75, 3.05) is 17.7 Å². The molecule has 0 bridgehead atoms. The van der Waals surface area contributed by atoms with Crippen LogP contribution in [0.25, 0.3) is 0 Å². The first-order chi connectivity index (χ1) is 13.1. The third-order valence-corrected chi connectivity index (χ3v) is 4.09. The number of hydrogen-bond donors (Lipinski definition) is 2. The molecule has 0 aliphatic rings. The first-order valence-corrected chi connectivity index (χ1v) is 8.61. The summed E-state index contributed by atoms with van der Waals surface area (Å²) in [4.78, 5) is 16.1. The van der Waals surface area contributed by atoms with E-state index >= 15 is 0 Å². The summed E-state index contributed by atoms with van der Waals surface area (Å²) in [6.07, 6.45) is 2.48. The third kappa shape index (κ3) is 4.38. The van der Waals surface area contributed by atoms with E-state index < -0.39 is 5.97 Å². The summed E-state index contributed by atoms with van der Waals surface area (Å²) in [6.45, 7) is 4.16. The van der Waals surface area contributed by atoms with E-state index in [1.165, 1.54) is 12.7 Å². The molecule has 0 fully saturated rings. The number of carbonyl (C=O) groups excluding carboxylic acids is 1. The fourth-order valence-electron chi connectivity index (χ4n) is 2.72. The van der Waals surface area contributed by atoms with Gasteiger partial charge < -0.3 is 15.4 Å². The first kappa shape index (κ1) is 18.3. The number of para-hydroxylation sites is 1. The maximum Gasteiger partial charge on any atom is 0.337 e. The van der Waals surface area contributed by atoms with Crippen molar-refractivity contribution in [3.63, 3.8) is 0 Å². The monoisotopic (exact) mass is 363 g/mol. The molecule has 0 radical (unpaired) electrons. The number of nitrogens with one attached hydrogen (secondary N) is 2. The summed E-state index contributed by atoms with van der Waals surface area (Å²) in [5.41, 5.74) is 4.47. The maximum absolute atomic E-state index is 11.7. The fraction of sp³-hybridized carbons (Fsp3) is 0.200. The molecule has 0 aliphatic heterocycles. The second kappa shape index (κ2) is 8.27. The van der Waals surface area contributed by atoms with Gasteiger partial charge in [-0.3, -0.25) is 0 Å². The van der Waals surface area contributed by atoms with Gasteiger partial charge in [0, 0.05) is 11.4 Å². The Labute approximate surface area is 157 Å². The molecule has 1 heterocycles. The van der Waals surface area contributed by atoms with Gasteiger partial charge in [-0.15, -0.1) is 5.10 Å². The van der Waals surface area contributed by atoms with E-state index in [1.54, 1.807) is 24.4 Å². The van der Waals surface area contributed by atoms with Gasteiger partial charge in [0.05, 0.1) is 18.9 Å². The summed E-state index contributed by atoms with van der Waals surface area (Å²) in [5.74, 6) is 0.508. The van der Waals surface area contributed by atoms with Gasteiger partial charge in [-0.25, -0.2) is 4.79 Å². The Hall–Kier alpha value is -3.48. The maximum atomic E-state index is 11.7. The normalized spacial score (nSPS) is 10.3. The number of methoxy groups -OCH3 is 1. The van der Waals surface area contributed by atoms with Crippen LogP contribution in [-0.2, 0) is 11.2 Å². The second-order valence-electron chi connectivity index (χ2n) is 5.95. The van der Waals surface area contributed by atoms with Gasteiger partial charge in [-0.1, -0.05) is 31.2 Å². The average Bonchev–Trinajstić information content (AvgIpc) is 2.69. The highest BCUT2D eigenvalue weighted by Gasteiger charge is 2.09.